The Balaban J connectivity index is 2.09. The fraction of sp³-hybridized carbons (Fsp3) is 0.0625. The highest BCUT2D eigenvalue weighted by atomic mass is 16.5. The Morgan fingerprint density at radius 2 is 2.00 bits per heavy atom. The van der Waals surface area contributed by atoms with Gasteiger partial charge in [0.25, 0.3) is 0 Å². The summed E-state index contributed by atoms with van der Waals surface area (Å²) < 4.78 is 11.0. The molecule has 0 saturated heterocycles. The predicted molar refractivity (Wildman–Crippen MR) is 80.9 cm³/mol. The van der Waals surface area contributed by atoms with Crippen molar-refractivity contribution in [1.29, 1.82) is 0 Å². The van der Waals surface area contributed by atoms with Gasteiger partial charge in [-0.2, -0.15) is 0 Å². The van der Waals surface area contributed by atoms with Gasteiger partial charge in [0, 0.05) is 11.6 Å². The van der Waals surface area contributed by atoms with E-state index in [2.05, 4.69) is 4.98 Å². The monoisotopic (exact) mass is 282 g/mol. The van der Waals surface area contributed by atoms with Crippen LogP contribution in [0.15, 0.2) is 48.7 Å². The van der Waals surface area contributed by atoms with E-state index in [1.807, 2.05) is 24.3 Å². The Kier molecular flexibility index (Phi) is 3.23. The van der Waals surface area contributed by atoms with Crippen LogP contribution < -0.4 is 15.2 Å². The van der Waals surface area contributed by atoms with E-state index in [9.17, 15) is 5.11 Å². The van der Waals surface area contributed by atoms with Crippen LogP contribution in [0.2, 0.25) is 0 Å². The Hall–Kier alpha value is -2.95. The van der Waals surface area contributed by atoms with Gasteiger partial charge >= 0.3 is 0 Å². The summed E-state index contributed by atoms with van der Waals surface area (Å²) in [4.78, 5) is 4.23. The Morgan fingerprint density at radius 3 is 2.81 bits per heavy atom. The molecule has 3 N–H and O–H groups in total. The van der Waals surface area contributed by atoms with Crippen molar-refractivity contribution in [3.05, 3.63) is 48.7 Å². The number of phenols is 1. The zero-order chi connectivity index (χ0) is 14.8. The lowest BCUT2D eigenvalue weighted by atomic mass is 10.1. The highest BCUT2D eigenvalue weighted by molar-refractivity contribution is 5.88. The third-order valence-electron chi connectivity index (χ3n) is 3.19. The summed E-state index contributed by atoms with van der Waals surface area (Å²) in [7, 11) is 1.60. The molecule has 0 saturated carbocycles. The van der Waals surface area contributed by atoms with Crippen molar-refractivity contribution < 1.29 is 14.6 Å². The maximum atomic E-state index is 9.63. The molecule has 0 amide bonds. The highest BCUT2D eigenvalue weighted by Crippen LogP contribution is 2.36. The van der Waals surface area contributed by atoms with Gasteiger partial charge in [0.05, 0.1) is 7.11 Å². The minimum absolute atomic E-state index is 0.0229. The van der Waals surface area contributed by atoms with Gasteiger partial charge in [-0.05, 0) is 35.7 Å². The zero-order valence-corrected chi connectivity index (χ0v) is 11.4. The molecule has 0 unspecified atom stereocenters. The van der Waals surface area contributed by atoms with Crippen molar-refractivity contribution in [2.45, 2.75) is 0 Å². The van der Waals surface area contributed by atoms with Crippen LogP contribution in [0.1, 0.15) is 0 Å². The molecule has 21 heavy (non-hydrogen) atoms. The number of hydrogen-bond donors (Lipinski definition) is 2. The normalized spacial score (nSPS) is 10.5. The first-order chi connectivity index (χ1) is 10.2. The number of methoxy groups -OCH3 is 1. The van der Waals surface area contributed by atoms with Gasteiger partial charge in [0.2, 0.25) is 5.88 Å². The average molecular weight is 282 g/mol. The van der Waals surface area contributed by atoms with Gasteiger partial charge in [-0.3, -0.25) is 0 Å². The second kappa shape index (κ2) is 5.20. The molecule has 106 valence electrons. The Labute approximate surface area is 121 Å². The summed E-state index contributed by atoms with van der Waals surface area (Å²) in [5, 5.41) is 11.4. The lowest BCUT2D eigenvalue weighted by Crippen LogP contribution is -1.95. The number of phenolic OH excluding ortho intramolecular Hbond substituents is 1. The van der Waals surface area contributed by atoms with Crippen molar-refractivity contribution >= 4 is 16.5 Å². The smallest absolute Gasteiger partial charge is 0.227 e. The minimum atomic E-state index is -0.0229. The lowest BCUT2D eigenvalue weighted by molar-refractivity contribution is 0.415. The molecule has 0 aliphatic carbocycles. The van der Waals surface area contributed by atoms with Crippen LogP contribution in [-0.2, 0) is 0 Å². The average Bonchev–Trinajstić information content (AvgIpc) is 2.51. The number of nitrogens with two attached hydrogens (primary N) is 1. The highest BCUT2D eigenvalue weighted by Gasteiger charge is 2.10. The van der Waals surface area contributed by atoms with Gasteiger partial charge in [0.1, 0.15) is 17.2 Å². The number of nitrogen functional groups attached to an aromatic ring is 1. The first kappa shape index (κ1) is 13.1. The van der Waals surface area contributed by atoms with Crippen LogP contribution in [0.3, 0.4) is 0 Å². The fourth-order valence-corrected chi connectivity index (χ4v) is 2.05. The second-order valence-corrected chi connectivity index (χ2v) is 4.49. The van der Waals surface area contributed by atoms with E-state index in [1.165, 1.54) is 6.07 Å². The maximum absolute atomic E-state index is 9.63. The summed E-state index contributed by atoms with van der Waals surface area (Å²) >= 11 is 0. The molecular formula is C16H14N2O3. The third-order valence-corrected chi connectivity index (χ3v) is 3.19. The number of aromatic nitrogens is 1. The molecule has 0 aliphatic rings. The van der Waals surface area contributed by atoms with Gasteiger partial charge in [-0.15, -0.1) is 0 Å². The van der Waals surface area contributed by atoms with Crippen LogP contribution in [0.5, 0.6) is 23.1 Å². The number of benzene rings is 2. The van der Waals surface area contributed by atoms with Crippen LogP contribution in [0, 0.1) is 0 Å². The maximum Gasteiger partial charge on any atom is 0.227 e. The van der Waals surface area contributed by atoms with E-state index in [0.29, 0.717) is 17.4 Å². The molecular weight excluding hydrogens is 268 g/mol. The SMILES string of the molecule is COc1ccc2ccnc(Oc3cccc(O)c3N)c2c1. The molecule has 2 aromatic carbocycles. The third kappa shape index (κ3) is 2.41. The number of pyridine rings is 1. The number of para-hydroxylation sites is 1. The molecule has 0 aliphatic heterocycles. The zero-order valence-electron chi connectivity index (χ0n) is 11.4. The number of fused-ring (bicyclic) bond motifs is 1. The molecule has 0 atom stereocenters. The molecule has 0 bridgehead atoms. The van der Waals surface area contributed by atoms with Gasteiger partial charge in [-0.25, -0.2) is 4.98 Å². The number of hydrogen-bond acceptors (Lipinski definition) is 5. The first-order valence-corrected chi connectivity index (χ1v) is 6.37. The van der Waals surface area contributed by atoms with Crippen molar-refractivity contribution in [3.8, 4) is 23.1 Å². The summed E-state index contributed by atoms with van der Waals surface area (Å²) in [5.74, 6) is 1.45. The van der Waals surface area contributed by atoms with Crippen LogP contribution in [0.25, 0.3) is 10.8 Å². The fourth-order valence-electron chi connectivity index (χ4n) is 2.05. The summed E-state index contributed by atoms with van der Waals surface area (Å²) in [6.07, 6.45) is 1.66. The number of rotatable bonds is 3. The van der Waals surface area contributed by atoms with E-state index in [0.717, 1.165) is 10.8 Å². The molecule has 0 fully saturated rings. The number of nitrogens with zero attached hydrogens (tertiary/aromatic N) is 1. The summed E-state index contributed by atoms with van der Waals surface area (Å²) in [6, 6.07) is 12.4. The molecule has 3 aromatic rings. The van der Waals surface area contributed by atoms with Crippen LogP contribution >= 0.6 is 0 Å². The molecule has 0 radical (unpaired) electrons. The van der Waals surface area contributed by atoms with Crippen LogP contribution in [0.4, 0.5) is 5.69 Å². The van der Waals surface area contributed by atoms with E-state index < -0.39 is 0 Å². The molecule has 0 spiro atoms. The van der Waals surface area contributed by atoms with Crippen LogP contribution in [-0.4, -0.2) is 17.2 Å². The first-order valence-electron chi connectivity index (χ1n) is 6.37. The second-order valence-electron chi connectivity index (χ2n) is 4.49. The Morgan fingerprint density at radius 1 is 1.14 bits per heavy atom. The van der Waals surface area contributed by atoms with E-state index in [4.69, 9.17) is 15.2 Å². The van der Waals surface area contributed by atoms with E-state index in [-0.39, 0.29) is 11.4 Å². The van der Waals surface area contributed by atoms with Gasteiger partial charge in [0.15, 0.2) is 5.75 Å². The Bertz CT molecular complexity index is 803. The van der Waals surface area contributed by atoms with Crippen molar-refractivity contribution in [2.24, 2.45) is 0 Å². The lowest BCUT2D eigenvalue weighted by Gasteiger charge is -2.11. The minimum Gasteiger partial charge on any atom is -0.506 e. The summed E-state index contributed by atoms with van der Waals surface area (Å²) in [6.45, 7) is 0. The summed E-state index contributed by atoms with van der Waals surface area (Å²) in [5.41, 5.74) is 5.98. The number of ether oxygens (including phenoxy) is 2. The molecule has 5 heteroatoms. The van der Waals surface area contributed by atoms with Gasteiger partial charge < -0.3 is 20.3 Å². The van der Waals surface area contributed by atoms with E-state index >= 15 is 0 Å². The quantitative estimate of drug-likeness (QED) is 0.569. The molecule has 5 nitrogen and oxygen atoms in total. The molecule has 3 rings (SSSR count). The standard InChI is InChI=1S/C16H14N2O3/c1-20-11-6-5-10-7-8-18-16(12(10)9-11)21-14-4-2-3-13(19)15(14)17/h2-9,19H,17H2,1H3. The van der Waals surface area contributed by atoms with Crippen molar-refractivity contribution in [1.82, 2.24) is 4.98 Å². The number of anilines is 1. The predicted octanol–water partition coefficient (Wildman–Crippen LogP) is 3.32. The largest absolute Gasteiger partial charge is 0.506 e. The topological polar surface area (TPSA) is 77.6 Å². The number of aromatic hydroxyl groups is 1. The molecule has 1 heterocycles. The van der Waals surface area contributed by atoms with E-state index in [1.54, 1.807) is 25.4 Å². The van der Waals surface area contributed by atoms with Crippen molar-refractivity contribution in [3.63, 3.8) is 0 Å². The molecule has 1 aromatic heterocycles. The van der Waals surface area contributed by atoms with Gasteiger partial charge in [-0.1, -0.05) is 12.1 Å². The van der Waals surface area contributed by atoms with Crippen molar-refractivity contribution in [2.75, 3.05) is 12.8 Å².